The Balaban J connectivity index is 2.58. The minimum absolute atomic E-state index is 0.392. The van der Waals surface area contributed by atoms with Crippen LogP contribution in [0.3, 0.4) is 0 Å². The Morgan fingerprint density at radius 2 is 2.31 bits per heavy atom. The number of hydrogen-bond acceptors (Lipinski definition) is 1. The molecule has 0 saturated heterocycles. The molecule has 1 aromatic rings. The summed E-state index contributed by atoms with van der Waals surface area (Å²) in [5.74, 6) is 0.976. The maximum absolute atomic E-state index is 5.32. The summed E-state index contributed by atoms with van der Waals surface area (Å²) in [5, 5.41) is 0. The Kier molecular flexibility index (Phi) is 2.40. The first-order chi connectivity index (χ1) is 6.33. The number of fused-ring (bicyclic) bond motifs is 1. The van der Waals surface area contributed by atoms with E-state index in [1.807, 2.05) is 12.1 Å². The lowest BCUT2D eigenvalue weighted by atomic mass is 9.96. The van der Waals surface area contributed by atoms with Gasteiger partial charge < -0.3 is 4.74 Å². The van der Waals surface area contributed by atoms with Crippen molar-refractivity contribution in [1.29, 1.82) is 0 Å². The fraction of sp³-hybridized carbons (Fsp3) is 0.273. The van der Waals surface area contributed by atoms with E-state index in [1.54, 1.807) is 7.11 Å². The van der Waals surface area contributed by atoms with Crippen LogP contribution in [0.5, 0.6) is 5.75 Å². The van der Waals surface area contributed by atoms with Gasteiger partial charge in [0.25, 0.3) is 0 Å². The average molecular weight is 239 g/mol. The van der Waals surface area contributed by atoms with Gasteiger partial charge in [0.05, 0.1) is 7.11 Å². The Labute approximate surface area is 86.5 Å². The molecule has 1 aromatic carbocycles. The summed E-state index contributed by atoms with van der Waals surface area (Å²) < 4.78 is 5.32. The van der Waals surface area contributed by atoms with E-state index in [0.29, 0.717) is 4.83 Å². The van der Waals surface area contributed by atoms with Crippen molar-refractivity contribution in [2.24, 2.45) is 0 Å². The first kappa shape index (κ1) is 8.82. The maximum atomic E-state index is 5.32. The molecule has 0 aromatic heterocycles. The van der Waals surface area contributed by atoms with Crippen LogP contribution in [0.25, 0.3) is 6.08 Å². The number of rotatable bonds is 1. The summed E-state index contributed by atoms with van der Waals surface area (Å²) in [5.41, 5.74) is 2.53. The second-order valence-electron chi connectivity index (χ2n) is 3.07. The largest absolute Gasteiger partial charge is 0.496 e. The van der Waals surface area contributed by atoms with Crippen molar-refractivity contribution in [2.75, 3.05) is 7.11 Å². The van der Waals surface area contributed by atoms with E-state index < -0.39 is 0 Å². The molecule has 0 radical (unpaired) electrons. The molecular weight excluding hydrogens is 228 g/mol. The number of allylic oxidation sites excluding steroid dienone is 1. The smallest absolute Gasteiger partial charge is 0.123 e. The second kappa shape index (κ2) is 3.54. The number of ether oxygens (including phenoxy) is 1. The van der Waals surface area contributed by atoms with E-state index in [4.69, 9.17) is 4.74 Å². The van der Waals surface area contributed by atoms with Gasteiger partial charge in [-0.25, -0.2) is 0 Å². The fourth-order valence-electron chi connectivity index (χ4n) is 1.65. The molecule has 0 spiro atoms. The number of benzene rings is 1. The number of hydrogen-bond donors (Lipinski definition) is 0. The van der Waals surface area contributed by atoms with Gasteiger partial charge in [-0.3, -0.25) is 0 Å². The van der Waals surface area contributed by atoms with Crippen LogP contribution >= 0.6 is 15.9 Å². The van der Waals surface area contributed by atoms with E-state index in [2.05, 4.69) is 34.1 Å². The number of halogens is 1. The molecule has 0 aliphatic heterocycles. The van der Waals surface area contributed by atoms with Crippen LogP contribution in [0.2, 0.25) is 0 Å². The zero-order valence-corrected chi connectivity index (χ0v) is 9.04. The first-order valence-corrected chi connectivity index (χ1v) is 5.22. The first-order valence-electron chi connectivity index (χ1n) is 4.30. The van der Waals surface area contributed by atoms with Crippen LogP contribution in [0, 0.1) is 0 Å². The molecule has 0 saturated carbocycles. The topological polar surface area (TPSA) is 9.23 Å². The monoisotopic (exact) mass is 238 g/mol. The molecule has 0 fully saturated rings. The van der Waals surface area contributed by atoms with Crippen LogP contribution in [0.15, 0.2) is 24.3 Å². The van der Waals surface area contributed by atoms with Crippen molar-refractivity contribution in [3.63, 3.8) is 0 Å². The van der Waals surface area contributed by atoms with Crippen molar-refractivity contribution in [3.05, 3.63) is 35.4 Å². The van der Waals surface area contributed by atoms with E-state index in [9.17, 15) is 0 Å². The number of methoxy groups -OCH3 is 1. The minimum atomic E-state index is 0.392. The molecule has 0 bridgehead atoms. The maximum Gasteiger partial charge on any atom is 0.123 e. The quantitative estimate of drug-likeness (QED) is 0.681. The Bertz CT molecular complexity index is 344. The fourth-order valence-corrected chi connectivity index (χ4v) is 2.36. The SMILES string of the molecule is COc1cccc2c1C(Br)CC=C2. The summed E-state index contributed by atoms with van der Waals surface area (Å²) in [6.45, 7) is 0. The highest BCUT2D eigenvalue weighted by atomic mass is 79.9. The van der Waals surface area contributed by atoms with E-state index in [1.165, 1.54) is 11.1 Å². The molecule has 1 aliphatic rings. The molecule has 0 heterocycles. The van der Waals surface area contributed by atoms with Crippen LogP contribution in [-0.2, 0) is 0 Å². The van der Waals surface area contributed by atoms with Gasteiger partial charge in [-0.15, -0.1) is 0 Å². The van der Waals surface area contributed by atoms with E-state index >= 15 is 0 Å². The van der Waals surface area contributed by atoms with Gasteiger partial charge in [0, 0.05) is 10.4 Å². The van der Waals surface area contributed by atoms with Gasteiger partial charge >= 0.3 is 0 Å². The van der Waals surface area contributed by atoms with Gasteiger partial charge in [0.2, 0.25) is 0 Å². The summed E-state index contributed by atoms with van der Waals surface area (Å²) in [4.78, 5) is 0.392. The summed E-state index contributed by atoms with van der Waals surface area (Å²) in [7, 11) is 1.72. The Morgan fingerprint density at radius 3 is 3.08 bits per heavy atom. The average Bonchev–Trinajstić information content (AvgIpc) is 2.17. The van der Waals surface area contributed by atoms with Crippen molar-refractivity contribution >= 4 is 22.0 Å². The van der Waals surface area contributed by atoms with Crippen molar-refractivity contribution in [3.8, 4) is 5.75 Å². The van der Waals surface area contributed by atoms with Gasteiger partial charge in [-0.2, -0.15) is 0 Å². The molecule has 13 heavy (non-hydrogen) atoms. The molecule has 1 unspecified atom stereocenters. The highest BCUT2D eigenvalue weighted by Gasteiger charge is 2.17. The van der Waals surface area contributed by atoms with E-state index in [0.717, 1.165) is 12.2 Å². The molecule has 1 nitrogen and oxygen atoms in total. The van der Waals surface area contributed by atoms with Crippen LogP contribution in [-0.4, -0.2) is 7.11 Å². The molecule has 2 rings (SSSR count). The van der Waals surface area contributed by atoms with E-state index in [-0.39, 0.29) is 0 Å². The third-order valence-electron chi connectivity index (χ3n) is 2.27. The molecule has 1 atom stereocenters. The predicted molar refractivity (Wildman–Crippen MR) is 58.3 cm³/mol. The third kappa shape index (κ3) is 1.51. The molecule has 2 heteroatoms. The normalized spacial score (nSPS) is 19.7. The van der Waals surface area contributed by atoms with Crippen molar-refractivity contribution in [2.45, 2.75) is 11.2 Å². The van der Waals surface area contributed by atoms with Crippen LogP contribution in [0.1, 0.15) is 22.4 Å². The molecule has 1 aliphatic carbocycles. The second-order valence-corrected chi connectivity index (χ2v) is 4.17. The zero-order chi connectivity index (χ0) is 9.26. The van der Waals surface area contributed by atoms with Crippen molar-refractivity contribution in [1.82, 2.24) is 0 Å². The van der Waals surface area contributed by atoms with Gasteiger partial charge in [0.1, 0.15) is 5.75 Å². The predicted octanol–water partition coefficient (Wildman–Crippen LogP) is 3.55. The van der Waals surface area contributed by atoms with Crippen molar-refractivity contribution < 1.29 is 4.74 Å². The minimum Gasteiger partial charge on any atom is -0.496 e. The lowest BCUT2D eigenvalue weighted by molar-refractivity contribution is 0.409. The highest BCUT2D eigenvalue weighted by molar-refractivity contribution is 9.09. The molecule has 0 N–H and O–H groups in total. The van der Waals surface area contributed by atoms with Gasteiger partial charge in [0.15, 0.2) is 0 Å². The standard InChI is InChI=1S/C11H11BrO/c1-13-10-7-3-5-8-4-2-6-9(12)11(8)10/h2-5,7,9H,6H2,1H3. The number of alkyl halides is 1. The Hall–Kier alpha value is -0.760. The molecular formula is C11H11BrO. The highest BCUT2D eigenvalue weighted by Crippen LogP contribution is 2.39. The van der Waals surface area contributed by atoms with Crippen LogP contribution in [0.4, 0.5) is 0 Å². The van der Waals surface area contributed by atoms with Gasteiger partial charge in [-0.1, -0.05) is 40.2 Å². The van der Waals surface area contributed by atoms with Gasteiger partial charge in [-0.05, 0) is 18.1 Å². The lowest BCUT2D eigenvalue weighted by Gasteiger charge is -2.19. The van der Waals surface area contributed by atoms with Crippen LogP contribution < -0.4 is 4.74 Å². The third-order valence-corrected chi connectivity index (χ3v) is 3.11. The summed E-state index contributed by atoms with van der Waals surface area (Å²) in [6.07, 6.45) is 5.37. The summed E-state index contributed by atoms with van der Waals surface area (Å²) >= 11 is 3.65. The molecule has 0 amide bonds. The Morgan fingerprint density at radius 1 is 1.46 bits per heavy atom. The molecule has 68 valence electrons. The summed E-state index contributed by atoms with van der Waals surface area (Å²) in [6, 6.07) is 6.14. The lowest BCUT2D eigenvalue weighted by Crippen LogP contribution is -2.00. The zero-order valence-electron chi connectivity index (χ0n) is 7.46.